The molecule has 1 heterocycles. The zero-order chi connectivity index (χ0) is 20.5. The van der Waals surface area contributed by atoms with E-state index >= 15 is 0 Å². The summed E-state index contributed by atoms with van der Waals surface area (Å²) in [7, 11) is 6.24. The summed E-state index contributed by atoms with van der Waals surface area (Å²) in [5.41, 5.74) is 0.779. The van der Waals surface area contributed by atoms with Gasteiger partial charge in [0.05, 0.1) is 46.3 Å². The Labute approximate surface area is 165 Å². The molecule has 1 N–H and O–H groups in total. The third-order valence-corrected chi connectivity index (χ3v) is 4.45. The summed E-state index contributed by atoms with van der Waals surface area (Å²) in [6, 6.07) is 3.20. The van der Waals surface area contributed by atoms with Crippen LogP contribution in [0.25, 0.3) is 0 Å². The SMILES string of the molecule is COCCN(C)C(=O)c1cc(NC(=O)CN2CCOCC2)c(OC)c(OC)c1. The predicted molar refractivity (Wildman–Crippen MR) is 104 cm³/mol. The molecule has 1 aliphatic rings. The summed E-state index contributed by atoms with van der Waals surface area (Å²) in [6.07, 6.45) is 0. The molecule has 1 saturated heterocycles. The minimum absolute atomic E-state index is 0.195. The van der Waals surface area contributed by atoms with Crippen molar-refractivity contribution in [3.8, 4) is 11.5 Å². The Morgan fingerprint density at radius 3 is 2.50 bits per heavy atom. The smallest absolute Gasteiger partial charge is 0.253 e. The maximum Gasteiger partial charge on any atom is 0.253 e. The molecule has 0 unspecified atom stereocenters. The summed E-state index contributed by atoms with van der Waals surface area (Å²) in [6.45, 7) is 3.75. The number of nitrogens with zero attached hydrogens (tertiary/aromatic N) is 2. The number of benzene rings is 1. The summed E-state index contributed by atoms with van der Waals surface area (Å²) in [5, 5.41) is 2.84. The van der Waals surface area contributed by atoms with Gasteiger partial charge in [0.25, 0.3) is 5.91 Å². The number of carbonyl (C=O) groups excluding carboxylic acids is 2. The molecule has 9 nitrogen and oxygen atoms in total. The number of anilines is 1. The highest BCUT2D eigenvalue weighted by atomic mass is 16.5. The topological polar surface area (TPSA) is 89.6 Å². The van der Waals surface area contributed by atoms with Crippen LogP contribution >= 0.6 is 0 Å². The number of morpholine rings is 1. The highest BCUT2D eigenvalue weighted by Gasteiger charge is 2.21. The molecule has 1 aromatic carbocycles. The van der Waals surface area contributed by atoms with Gasteiger partial charge in [0.15, 0.2) is 11.5 Å². The summed E-state index contributed by atoms with van der Waals surface area (Å²) >= 11 is 0. The first-order valence-corrected chi connectivity index (χ1v) is 9.10. The first-order chi connectivity index (χ1) is 13.5. The van der Waals surface area contributed by atoms with Crippen molar-refractivity contribution in [1.29, 1.82) is 0 Å². The monoisotopic (exact) mass is 395 g/mol. The molecule has 0 radical (unpaired) electrons. The molecule has 2 amide bonds. The van der Waals surface area contributed by atoms with E-state index in [1.54, 1.807) is 31.2 Å². The van der Waals surface area contributed by atoms with Gasteiger partial charge in [-0.1, -0.05) is 0 Å². The molecule has 0 aromatic heterocycles. The van der Waals surface area contributed by atoms with Crippen LogP contribution in [-0.2, 0) is 14.3 Å². The van der Waals surface area contributed by atoms with Crippen LogP contribution in [0, 0.1) is 0 Å². The van der Waals surface area contributed by atoms with E-state index in [1.165, 1.54) is 14.2 Å². The van der Waals surface area contributed by atoms with Crippen molar-refractivity contribution >= 4 is 17.5 Å². The van der Waals surface area contributed by atoms with Gasteiger partial charge in [-0.25, -0.2) is 0 Å². The number of rotatable bonds is 9. The second-order valence-electron chi connectivity index (χ2n) is 6.42. The highest BCUT2D eigenvalue weighted by Crippen LogP contribution is 2.37. The molecular weight excluding hydrogens is 366 g/mol. The zero-order valence-corrected chi connectivity index (χ0v) is 16.9. The van der Waals surface area contributed by atoms with Crippen molar-refractivity contribution in [2.24, 2.45) is 0 Å². The first-order valence-electron chi connectivity index (χ1n) is 9.10. The second kappa shape index (κ2) is 10.8. The average Bonchev–Trinajstić information content (AvgIpc) is 2.71. The maximum atomic E-state index is 12.7. The van der Waals surface area contributed by atoms with Gasteiger partial charge in [0.2, 0.25) is 5.91 Å². The van der Waals surface area contributed by atoms with Crippen LogP contribution in [0.5, 0.6) is 11.5 Å². The van der Waals surface area contributed by atoms with E-state index in [0.717, 1.165) is 0 Å². The van der Waals surface area contributed by atoms with E-state index in [1.807, 2.05) is 4.90 Å². The molecule has 0 aliphatic carbocycles. The number of methoxy groups -OCH3 is 3. The number of likely N-dealkylation sites (N-methyl/N-ethyl adjacent to an activating group) is 1. The fourth-order valence-electron chi connectivity index (χ4n) is 2.88. The lowest BCUT2D eigenvalue weighted by Gasteiger charge is -2.26. The molecule has 28 heavy (non-hydrogen) atoms. The van der Waals surface area contributed by atoms with Gasteiger partial charge in [-0.05, 0) is 12.1 Å². The molecule has 1 fully saturated rings. The average molecular weight is 395 g/mol. The van der Waals surface area contributed by atoms with E-state index in [-0.39, 0.29) is 18.4 Å². The Balaban J connectivity index is 2.20. The molecule has 0 atom stereocenters. The number of hydrogen-bond donors (Lipinski definition) is 1. The fraction of sp³-hybridized carbons (Fsp3) is 0.579. The molecule has 1 aliphatic heterocycles. The number of carbonyl (C=O) groups is 2. The van der Waals surface area contributed by atoms with Crippen molar-refractivity contribution in [1.82, 2.24) is 9.80 Å². The third kappa shape index (κ3) is 5.82. The Bertz CT molecular complexity index is 676. The second-order valence-corrected chi connectivity index (χ2v) is 6.42. The lowest BCUT2D eigenvalue weighted by molar-refractivity contribution is -0.118. The van der Waals surface area contributed by atoms with Crippen LogP contribution in [0.2, 0.25) is 0 Å². The van der Waals surface area contributed by atoms with Gasteiger partial charge in [-0.15, -0.1) is 0 Å². The van der Waals surface area contributed by atoms with Crippen molar-refractivity contribution in [2.45, 2.75) is 0 Å². The predicted octanol–water partition coefficient (Wildman–Crippen LogP) is 0.693. The van der Waals surface area contributed by atoms with Crippen molar-refractivity contribution in [3.63, 3.8) is 0 Å². The molecule has 0 spiro atoms. The lowest BCUT2D eigenvalue weighted by Crippen LogP contribution is -2.41. The van der Waals surface area contributed by atoms with Crippen LogP contribution in [0.15, 0.2) is 12.1 Å². The van der Waals surface area contributed by atoms with Gasteiger partial charge in [-0.3, -0.25) is 14.5 Å². The number of hydrogen-bond acceptors (Lipinski definition) is 7. The van der Waals surface area contributed by atoms with Crippen molar-refractivity contribution in [3.05, 3.63) is 17.7 Å². The Kier molecular flexibility index (Phi) is 8.49. The van der Waals surface area contributed by atoms with E-state index in [0.29, 0.717) is 62.2 Å². The zero-order valence-electron chi connectivity index (χ0n) is 16.9. The van der Waals surface area contributed by atoms with Gasteiger partial charge >= 0.3 is 0 Å². The van der Waals surface area contributed by atoms with Gasteiger partial charge < -0.3 is 29.2 Å². The number of ether oxygens (including phenoxy) is 4. The van der Waals surface area contributed by atoms with Crippen LogP contribution in [0.3, 0.4) is 0 Å². The molecule has 2 rings (SSSR count). The number of amides is 2. The Hall–Kier alpha value is -2.36. The minimum Gasteiger partial charge on any atom is -0.493 e. The van der Waals surface area contributed by atoms with E-state index in [9.17, 15) is 9.59 Å². The largest absolute Gasteiger partial charge is 0.493 e. The summed E-state index contributed by atoms with van der Waals surface area (Å²) in [4.78, 5) is 28.8. The lowest BCUT2D eigenvalue weighted by atomic mass is 10.1. The standard InChI is InChI=1S/C19H29N3O6/c1-21(5-8-25-2)19(24)14-11-15(18(27-4)16(12-14)26-3)20-17(23)13-22-6-9-28-10-7-22/h11-12H,5-10,13H2,1-4H3,(H,20,23). The Morgan fingerprint density at radius 2 is 1.89 bits per heavy atom. The van der Waals surface area contributed by atoms with Gasteiger partial charge in [-0.2, -0.15) is 0 Å². The molecule has 0 bridgehead atoms. The van der Waals surface area contributed by atoms with Crippen molar-refractivity contribution in [2.75, 3.05) is 79.7 Å². The van der Waals surface area contributed by atoms with Crippen LogP contribution < -0.4 is 14.8 Å². The molecule has 156 valence electrons. The molecule has 9 heteroatoms. The maximum absolute atomic E-state index is 12.7. The fourth-order valence-corrected chi connectivity index (χ4v) is 2.88. The van der Waals surface area contributed by atoms with Crippen LogP contribution in [-0.4, -0.2) is 96.0 Å². The van der Waals surface area contributed by atoms with Crippen LogP contribution in [0.4, 0.5) is 5.69 Å². The first kappa shape index (κ1) is 21.9. The Morgan fingerprint density at radius 1 is 1.18 bits per heavy atom. The normalized spacial score (nSPS) is 14.4. The third-order valence-electron chi connectivity index (χ3n) is 4.45. The van der Waals surface area contributed by atoms with Crippen LogP contribution in [0.1, 0.15) is 10.4 Å². The quantitative estimate of drug-likeness (QED) is 0.658. The molecule has 0 saturated carbocycles. The molecular formula is C19H29N3O6. The van der Waals surface area contributed by atoms with Gasteiger partial charge in [0, 0.05) is 39.4 Å². The van der Waals surface area contributed by atoms with Gasteiger partial charge in [0.1, 0.15) is 0 Å². The highest BCUT2D eigenvalue weighted by molar-refractivity contribution is 5.99. The minimum atomic E-state index is -0.207. The number of nitrogens with one attached hydrogen (secondary N) is 1. The van der Waals surface area contributed by atoms with Crippen molar-refractivity contribution < 1.29 is 28.5 Å². The van der Waals surface area contributed by atoms with E-state index in [4.69, 9.17) is 18.9 Å². The molecule has 1 aromatic rings. The summed E-state index contributed by atoms with van der Waals surface area (Å²) < 4.78 is 21.1. The van der Waals surface area contributed by atoms with E-state index < -0.39 is 0 Å². The van der Waals surface area contributed by atoms with E-state index in [2.05, 4.69) is 5.32 Å². The summed E-state index contributed by atoms with van der Waals surface area (Å²) in [5.74, 6) is 0.338.